The second-order valence-electron chi connectivity index (χ2n) is 9.70. The molecule has 6 heteroatoms. The molecule has 34 heavy (non-hydrogen) atoms. The van der Waals surface area contributed by atoms with E-state index < -0.39 is 10.8 Å². The average molecular weight is 576 g/mol. The molecule has 0 N–H and O–H groups in total. The zero-order valence-corrected chi connectivity index (χ0v) is 20.8. The molecule has 8 rings (SSSR count). The molecule has 0 aromatic heterocycles. The maximum absolute atomic E-state index is 13.8. The van der Waals surface area contributed by atoms with E-state index in [0.717, 1.165) is 20.1 Å². The molecule has 2 spiro atoms. The van der Waals surface area contributed by atoms with Crippen molar-refractivity contribution in [3.05, 3.63) is 104 Å². The Labute approximate surface area is 212 Å². The van der Waals surface area contributed by atoms with Gasteiger partial charge in [-0.1, -0.05) is 56.1 Å². The summed E-state index contributed by atoms with van der Waals surface area (Å²) in [7, 11) is 0. The standard InChI is InChI=1S/C28H16Br2O4/c29-15-5-1-13(2-6-15)21-23-22-17(31)9-10-18(32)25(22)28-20(34)12-11-19(33)27(28,26(21)28)24(23)14-3-7-16(30)8-4-14/h1-12,21,23-24,26H/t21-,23+,24+,26+,27+,28-/m0/s1. The summed E-state index contributed by atoms with van der Waals surface area (Å²) in [5.41, 5.74) is 0.268. The van der Waals surface area contributed by atoms with E-state index >= 15 is 0 Å². The Balaban J connectivity index is 1.59. The van der Waals surface area contributed by atoms with Gasteiger partial charge in [0.1, 0.15) is 0 Å². The van der Waals surface area contributed by atoms with E-state index in [4.69, 9.17) is 0 Å². The minimum absolute atomic E-state index is 0.115. The number of hydrogen-bond donors (Lipinski definition) is 0. The van der Waals surface area contributed by atoms with Crippen LogP contribution in [0.4, 0.5) is 0 Å². The van der Waals surface area contributed by atoms with Crippen LogP contribution in [-0.2, 0) is 19.2 Å². The first kappa shape index (κ1) is 20.7. The number of ketones is 4. The second-order valence-corrected chi connectivity index (χ2v) is 11.5. The largest absolute Gasteiger partial charge is 0.294 e. The Kier molecular flexibility index (Phi) is 3.94. The molecule has 6 aliphatic carbocycles. The second kappa shape index (κ2) is 6.49. The van der Waals surface area contributed by atoms with Crippen molar-refractivity contribution in [3.63, 3.8) is 0 Å². The van der Waals surface area contributed by atoms with Gasteiger partial charge in [-0.05, 0) is 71.5 Å². The smallest absolute Gasteiger partial charge is 0.183 e. The van der Waals surface area contributed by atoms with Gasteiger partial charge < -0.3 is 0 Å². The van der Waals surface area contributed by atoms with Gasteiger partial charge in [-0.3, -0.25) is 19.2 Å². The molecule has 4 nitrogen and oxygen atoms in total. The van der Waals surface area contributed by atoms with Gasteiger partial charge in [0.05, 0.1) is 10.8 Å². The number of halogens is 2. The van der Waals surface area contributed by atoms with Crippen LogP contribution in [0.25, 0.3) is 0 Å². The van der Waals surface area contributed by atoms with Crippen LogP contribution >= 0.6 is 31.9 Å². The molecular weight excluding hydrogens is 560 g/mol. The van der Waals surface area contributed by atoms with E-state index in [1.807, 2.05) is 48.5 Å². The average Bonchev–Trinajstić information content (AvgIpc) is 3.39. The lowest BCUT2D eigenvalue weighted by Crippen LogP contribution is -2.49. The van der Waals surface area contributed by atoms with Crippen LogP contribution in [0.5, 0.6) is 0 Å². The highest BCUT2D eigenvalue weighted by atomic mass is 79.9. The Hall–Kier alpha value is -2.70. The van der Waals surface area contributed by atoms with Crippen LogP contribution in [0.15, 0.2) is 92.9 Å². The fourth-order valence-electron chi connectivity index (χ4n) is 7.87. The first-order valence-electron chi connectivity index (χ1n) is 11.1. The summed E-state index contributed by atoms with van der Waals surface area (Å²) < 4.78 is 1.83. The van der Waals surface area contributed by atoms with E-state index in [9.17, 15) is 19.2 Å². The summed E-state index contributed by atoms with van der Waals surface area (Å²) >= 11 is 6.97. The first-order valence-corrected chi connectivity index (χ1v) is 12.7. The van der Waals surface area contributed by atoms with Gasteiger partial charge in [0, 0.05) is 31.9 Å². The zero-order chi connectivity index (χ0) is 23.6. The molecule has 4 bridgehead atoms. The van der Waals surface area contributed by atoms with E-state index in [1.54, 1.807) is 0 Å². The number of carbonyl (C=O) groups excluding carboxylic acids is 4. The normalized spacial score (nSPS) is 36.6. The molecule has 2 aromatic rings. The molecule has 6 aliphatic rings. The van der Waals surface area contributed by atoms with Crippen LogP contribution in [0, 0.1) is 22.7 Å². The third kappa shape index (κ3) is 2.08. The van der Waals surface area contributed by atoms with Crippen LogP contribution in [0.1, 0.15) is 23.0 Å². The molecule has 0 radical (unpaired) electrons. The fraction of sp³-hybridized carbons (Fsp3) is 0.214. The minimum Gasteiger partial charge on any atom is -0.294 e. The van der Waals surface area contributed by atoms with Crippen molar-refractivity contribution in [3.8, 4) is 0 Å². The fourth-order valence-corrected chi connectivity index (χ4v) is 8.40. The number of carbonyl (C=O) groups is 4. The Bertz CT molecular complexity index is 1460. The molecule has 0 aliphatic heterocycles. The Morgan fingerprint density at radius 1 is 0.618 bits per heavy atom. The molecule has 0 heterocycles. The van der Waals surface area contributed by atoms with Gasteiger partial charge >= 0.3 is 0 Å². The number of hydrogen-bond acceptors (Lipinski definition) is 4. The molecule has 2 aromatic carbocycles. The highest BCUT2D eigenvalue weighted by molar-refractivity contribution is 9.10. The van der Waals surface area contributed by atoms with Gasteiger partial charge in [-0.25, -0.2) is 0 Å². The van der Waals surface area contributed by atoms with Gasteiger partial charge in [0.2, 0.25) is 0 Å². The Morgan fingerprint density at radius 3 is 1.82 bits per heavy atom. The number of benzene rings is 2. The van der Waals surface area contributed by atoms with Gasteiger partial charge in [-0.15, -0.1) is 0 Å². The van der Waals surface area contributed by atoms with E-state index in [1.165, 1.54) is 24.3 Å². The molecular formula is C28H16Br2O4. The third-order valence-corrected chi connectivity index (χ3v) is 9.74. The lowest BCUT2D eigenvalue weighted by molar-refractivity contribution is -0.131. The monoisotopic (exact) mass is 574 g/mol. The quantitative estimate of drug-likeness (QED) is 0.471. The lowest BCUT2D eigenvalue weighted by Gasteiger charge is -2.46. The van der Waals surface area contributed by atoms with Crippen molar-refractivity contribution < 1.29 is 19.2 Å². The summed E-state index contributed by atoms with van der Waals surface area (Å²) in [5.74, 6) is -2.22. The summed E-state index contributed by atoms with van der Waals surface area (Å²) in [5, 5.41) is 0. The minimum atomic E-state index is -1.28. The third-order valence-electron chi connectivity index (χ3n) is 8.68. The molecule has 0 amide bonds. The SMILES string of the molecule is O=C1C=CC(=O)C2=C1[C@H]1[C@H](c3ccc(Br)cc3)[C@H]3[C@]24C(=O)C=CC(=O)[C@@]34[C@@H]1c1ccc(Br)cc1. The molecule has 0 unspecified atom stereocenters. The number of rotatable bonds is 2. The topological polar surface area (TPSA) is 68.3 Å². The predicted octanol–water partition coefficient (Wildman–Crippen LogP) is 5.04. The van der Waals surface area contributed by atoms with Crippen molar-refractivity contribution in [2.45, 2.75) is 11.8 Å². The predicted molar refractivity (Wildman–Crippen MR) is 131 cm³/mol. The van der Waals surface area contributed by atoms with Crippen molar-refractivity contribution >= 4 is 55.0 Å². The van der Waals surface area contributed by atoms with E-state index in [0.29, 0.717) is 5.57 Å². The van der Waals surface area contributed by atoms with Gasteiger partial charge in [-0.2, -0.15) is 0 Å². The molecule has 6 atom stereocenters. The van der Waals surface area contributed by atoms with Gasteiger partial charge in [0.15, 0.2) is 23.1 Å². The highest BCUT2D eigenvalue weighted by Gasteiger charge is 2.95. The summed E-state index contributed by atoms with van der Waals surface area (Å²) in [6.45, 7) is 0. The lowest BCUT2D eigenvalue weighted by atomic mass is 9.53. The van der Waals surface area contributed by atoms with Crippen LogP contribution in [-0.4, -0.2) is 23.1 Å². The van der Waals surface area contributed by atoms with Gasteiger partial charge in [0.25, 0.3) is 0 Å². The van der Waals surface area contributed by atoms with Crippen LogP contribution in [0.2, 0.25) is 0 Å². The van der Waals surface area contributed by atoms with Crippen molar-refractivity contribution in [1.82, 2.24) is 0 Å². The first-order chi connectivity index (χ1) is 16.3. The van der Waals surface area contributed by atoms with E-state index in [2.05, 4.69) is 31.9 Å². The maximum atomic E-state index is 13.8. The Morgan fingerprint density at radius 2 is 1.18 bits per heavy atom. The van der Waals surface area contributed by atoms with E-state index in [-0.39, 0.29) is 52.4 Å². The molecule has 166 valence electrons. The van der Waals surface area contributed by atoms with Crippen molar-refractivity contribution in [2.75, 3.05) is 0 Å². The van der Waals surface area contributed by atoms with Crippen LogP contribution < -0.4 is 0 Å². The molecule has 2 saturated carbocycles. The van der Waals surface area contributed by atoms with Crippen molar-refractivity contribution in [2.24, 2.45) is 22.7 Å². The van der Waals surface area contributed by atoms with Crippen LogP contribution in [0.3, 0.4) is 0 Å². The maximum Gasteiger partial charge on any atom is 0.183 e. The summed E-state index contributed by atoms with van der Waals surface area (Å²) in [6.07, 6.45) is 5.31. The summed E-state index contributed by atoms with van der Waals surface area (Å²) in [6, 6.07) is 15.6. The summed E-state index contributed by atoms with van der Waals surface area (Å²) in [4.78, 5) is 54.2. The molecule has 0 saturated heterocycles. The zero-order valence-electron chi connectivity index (χ0n) is 17.6. The van der Waals surface area contributed by atoms with Crippen molar-refractivity contribution in [1.29, 1.82) is 0 Å². The number of allylic oxidation sites excluding steroid dienone is 6. The highest BCUT2D eigenvalue weighted by Crippen LogP contribution is 2.93. The molecule has 2 fully saturated rings.